The van der Waals surface area contributed by atoms with Gasteiger partial charge in [0.05, 0.1) is 0 Å². The number of benzene rings is 2. The van der Waals surface area contributed by atoms with Gasteiger partial charge in [-0.3, -0.25) is 4.79 Å². The average Bonchev–Trinajstić information content (AvgIpc) is 3.13. The van der Waals surface area contributed by atoms with Crippen molar-refractivity contribution in [3.8, 4) is 11.1 Å². The molecule has 6 nitrogen and oxygen atoms in total. The lowest BCUT2D eigenvalue weighted by atomic mass is 9.98. The summed E-state index contributed by atoms with van der Waals surface area (Å²) in [5, 5.41) is 7.11. The van der Waals surface area contributed by atoms with Crippen molar-refractivity contribution in [2.45, 2.75) is 19.3 Å². The zero-order valence-corrected chi connectivity index (χ0v) is 16.2. The molecular weight excluding hydrogens is 362 g/mol. The van der Waals surface area contributed by atoms with Crippen molar-refractivity contribution < 1.29 is 4.79 Å². The van der Waals surface area contributed by atoms with Crippen LogP contribution in [0.25, 0.3) is 16.8 Å². The van der Waals surface area contributed by atoms with Crippen LogP contribution in [0.15, 0.2) is 72.9 Å². The van der Waals surface area contributed by atoms with Gasteiger partial charge in [-0.1, -0.05) is 49.4 Å². The molecule has 6 heteroatoms. The summed E-state index contributed by atoms with van der Waals surface area (Å²) in [6, 6.07) is 21.8. The van der Waals surface area contributed by atoms with E-state index >= 15 is 0 Å². The maximum Gasteiger partial charge on any atom is 0.251 e. The molecular formula is C23H23N5O. The molecule has 0 aliphatic rings. The second-order valence-electron chi connectivity index (χ2n) is 7.13. The Hall–Kier alpha value is -3.67. The predicted octanol–water partition coefficient (Wildman–Crippen LogP) is 3.90. The molecule has 0 fully saturated rings. The fourth-order valence-electron chi connectivity index (χ4n) is 3.37. The molecule has 0 saturated carbocycles. The highest BCUT2D eigenvalue weighted by molar-refractivity contribution is 5.95. The number of carbonyl (C=O) groups excluding carboxylic acids is 1. The quantitative estimate of drug-likeness (QED) is 0.527. The Balaban J connectivity index is 1.42. The third kappa shape index (κ3) is 4.27. The second kappa shape index (κ2) is 8.14. The average molecular weight is 385 g/mol. The van der Waals surface area contributed by atoms with Gasteiger partial charge in [0.1, 0.15) is 0 Å². The Kier molecular flexibility index (Phi) is 5.24. The van der Waals surface area contributed by atoms with Crippen LogP contribution < -0.4 is 11.1 Å². The Morgan fingerprint density at radius 3 is 2.69 bits per heavy atom. The molecule has 0 aliphatic carbocycles. The molecule has 0 radical (unpaired) electrons. The molecule has 3 N–H and O–H groups in total. The minimum absolute atomic E-state index is 0.0695. The van der Waals surface area contributed by atoms with Crippen LogP contribution in [-0.2, 0) is 0 Å². The molecule has 0 bridgehead atoms. The fourth-order valence-corrected chi connectivity index (χ4v) is 3.37. The number of nitrogens with two attached hydrogens (primary N) is 1. The van der Waals surface area contributed by atoms with Gasteiger partial charge in [-0.05, 0) is 53.3 Å². The molecule has 0 saturated heterocycles. The predicted molar refractivity (Wildman–Crippen MR) is 115 cm³/mol. The first-order chi connectivity index (χ1) is 14.1. The molecule has 0 aliphatic heterocycles. The summed E-state index contributed by atoms with van der Waals surface area (Å²) in [5.74, 6) is 0.560. The van der Waals surface area contributed by atoms with Crippen LogP contribution in [0.2, 0.25) is 0 Å². The number of amides is 1. The standard InChI is InChI=1S/C23H23N5O/c1-16(17-6-3-2-4-7-17)10-12-25-22(29)20-9-5-8-18(14-20)19-11-13-28-21(15-19)26-23(24)27-28/h2-9,11,13-16H,10,12H2,1H3,(H2,24,27)(H,25,29). The molecule has 1 atom stereocenters. The van der Waals surface area contributed by atoms with Crippen molar-refractivity contribution in [1.82, 2.24) is 19.9 Å². The minimum atomic E-state index is -0.0695. The zero-order valence-electron chi connectivity index (χ0n) is 16.2. The van der Waals surface area contributed by atoms with Crippen molar-refractivity contribution in [2.75, 3.05) is 12.3 Å². The number of anilines is 1. The molecule has 1 unspecified atom stereocenters. The van der Waals surface area contributed by atoms with Crippen molar-refractivity contribution in [2.24, 2.45) is 0 Å². The van der Waals surface area contributed by atoms with E-state index in [0.717, 1.165) is 17.5 Å². The summed E-state index contributed by atoms with van der Waals surface area (Å²) in [5.41, 5.74) is 10.1. The summed E-state index contributed by atoms with van der Waals surface area (Å²) in [4.78, 5) is 16.8. The van der Waals surface area contributed by atoms with Gasteiger partial charge in [-0.2, -0.15) is 4.98 Å². The molecule has 2 aromatic carbocycles. The van der Waals surface area contributed by atoms with Crippen LogP contribution in [0, 0.1) is 0 Å². The van der Waals surface area contributed by atoms with Crippen LogP contribution in [0.1, 0.15) is 35.2 Å². The van der Waals surface area contributed by atoms with Crippen LogP contribution >= 0.6 is 0 Å². The Morgan fingerprint density at radius 1 is 1.07 bits per heavy atom. The molecule has 2 heterocycles. The molecule has 1 amide bonds. The Morgan fingerprint density at radius 2 is 1.86 bits per heavy atom. The van der Waals surface area contributed by atoms with E-state index < -0.39 is 0 Å². The van der Waals surface area contributed by atoms with Crippen LogP contribution in [0.5, 0.6) is 0 Å². The van der Waals surface area contributed by atoms with E-state index in [1.54, 1.807) is 4.52 Å². The van der Waals surface area contributed by atoms with Crippen molar-refractivity contribution >= 4 is 17.5 Å². The van der Waals surface area contributed by atoms with Gasteiger partial charge >= 0.3 is 0 Å². The van der Waals surface area contributed by atoms with Crippen molar-refractivity contribution in [1.29, 1.82) is 0 Å². The molecule has 0 spiro atoms. The number of aromatic nitrogens is 3. The summed E-state index contributed by atoms with van der Waals surface area (Å²) >= 11 is 0. The fraction of sp³-hybridized carbons (Fsp3) is 0.174. The van der Waals surface area contributed by atoms with E-state index in [0.29, 0.717) is 23.7 Å². The zero-order chi connectivity index (χ0) is 20.2. The SMILES string of the molecule is CC(CCNC(=O)c1cccc(-c2ccn3nc(N)nc3c2)c1)c1ccccc1. The van der Waals surface area contributed by atoms with E-state index in [-0.39, 0.29) is 11.9 Å². The van der Waals surface area contributed by atoms with Gasteiger partial charge in [0, 0.05) is 18.3 Å². The lowest BCUT2D eigenvalue weighted by Crippen LogP contribution is -2.25. The number of pyridine rings is 1. The topological polar surface area (TPSA) is 85.3 Å². The number of nitrogens with one attached hydrogen (secondary N) is 1. The monoisotopic (exact) mass is 385 g/mol. The number of fused-ring (bicyclic) bond motifs is 1. The largest absolute Gasteiger partial charge is 0.366 e. The first-order valence-electron chi connectivity index (χ1n) is 9.65. The highest BCUT2D eigenvalue weighted by atomic mass is 16.1. The van der Waals surface area contributed by atoms with E-state index in [9.17, 15) is 4.79 Å². The Labute approximate surface area is 169 Å². The van der Waals surface area contributed by atoms with Crippen LogP contribution in [0.4, 0.5) is 5.95 Å². The van der Waals surface area contributed by atoms with Gasteiger partial charge in [-0.15, -0.1) is 5.10 Å². The first kappa shape index (κ1) is 18.7. The molecule has 146 valence electrons. The smallest absolute Gasteiger partial charge is 0.251 e. The van der Waals surface area contributed by atoms with Gasteiger partial charge in [0.25, 0.3) is 5.91 Å². The lowest BCUT2D eigenvalue weighted by Gasteiger charge is -2.13. The van der Waals surface area contributed by atoms with Crippen LogP contribution in [-0.4, -0.2) is 27.0 Å². The van der Waals surface area contributed by atoms with Gasteiger partial charge in [0.15, 0.2) is 5.65 Å². The third-order valence-corrected chi connectivity index (χ3v) is 5.04. The molecule has 4 aromatic rings. The highest BCUT2D eigenvalue weighted by Crippen LogP contribution is 2.22. The number of hydrogen-bond donors (Lipinski definition) is 2. The number of hydrogen-bond acceptors (Lipinski definition) is 4. The van der Waals surface area contributed by atoms with Gasteiger partial charge < -0.3 is 11.1 Å². The maximum absolute atomic E-state index is 12.6. The summed E-state index contributed by atoms with van der Waals surface area (Å²) in [6.07, 6.45) is 2.70. The van der Waals surface area contributed by atoms with E-state index in [1.165, 1.54) is 5.56 Å². The molecule has 4 rings (SSSR count). The normalized spacial score (nSPS) is 12.0. The second-order valence-corrected chi connectivity index (χ2v) is 7.13. The number of rotatable bonds is 6. The number of nitrogen functional groups attached to an aromatic ring is 1. The highest BCUT2D eigenvalue weighted by Gasteiger charge is 2.10. The minimum Gasteiger partial charge on any atom is -0.366 e. The maximum atomic E-state index is 12.6. The number of carbonyl (C=O) groups is 1. The van der Waals surface area contributed by atoms with E-state index in [2.05, 4.69) is 34.5 Å². The van der Waals surface area contributed by atoms with Crippen molar-refractivity contribution in [3.63, 3.8) is 0 Å². The summed E-state index contributed by atoms with van der Waals surface area (Å²) < 4.78 is 1.63. The summed E-state index contributed by atoms with van der Waals surface area (Å²) in [7, 11) is 0. The van der Waals surface area contributed by atoms with Crippen LogP contribution in [0.3, 0.4) is 0 Å². The lowest BCUT2D eigenvalue weighted by molar-refractivity contribution is 0.0952. The number of nitrogens with zero attached hydrogens (tertiary/aromatic N) is 3. The Bertz CT molecular complexity index is 1140. The van der Waals surface area contributed by atoms with Gasteiger partial charge in [-0.25, -0.2) is 4.52 Å². The van der Waals surface area contributed by atoms with E-state index in [4.69, 9.17) is 5.73 Å². The van der Waals surface area contributed by atoms with E-state index in [1.807, 2.05) is 60.8 Å². The van der Waals surface area contributed by atoms with Gasteiger partial charge in [0.2, 0.25) is 5.95 Å². The van der Waals surface area contributed by atoms with Crippen molar-refractivity contribution in [3.05, 3.63) is 84.1 Å². The molecule has 29 heavy (non-hydrogen) atoms. The first-order valence-corrected chi connectivity index (χ1v) is 9.65. The summed E-state index contributed by atoms with van der Waals surface area (Å²) in [6.45, 7) is 2.81. The third-order valence-electron chi connectivity index (χ3n) is 5.04. The molecule has 2 aromatic heterocycles.